The molecule has 0 saturated carbocycles. The van der Waals surface area contributed by atoms with Crippen molar-refractivity contribution in [2.75, 3.05) is 24.8 Å². The van der Waals surface area contributed by atoms with Crippen LogP contribution in [0.2, 0.25) is 5.02 Å². The summed E-state index contributed by atoms with van der Waals surface area (Å²) in [6.45, 7) is 3.68. The average Bonchev–Trinajstić information content (AvgIpc) is 3.26. The molecule has 0 aliphatic carbocycles. The number of rotatable bonds is 11. The number of amides is 2. The number of benzene rings is 2. The highest BCUT2D eigenvalue weighted by Crippen LogP contribution is 2.26. The van der Waals surface area contributed by atoms with Crippen LogP contribution in [0, 0.1) is 0 Å². The van der Waals surface area contributed by atoms with Gasteiger partial charge in [0.15, 0.2) is 11.0 Å². The van der Waals surface area contributed by atoms with Crippen LogP contribution in [-0.4, -0.2) is 51.2 Å². The molecule has 184 valence electrons. The third-order valence-electron chi connectivity index (χ3n) is 4.74. The fourth-order valence-corrected chi connectivity index (χ4v) is 4.22. The van der Waals surface area contributed by atoms with Crippen LogP contribution in [0.15, 0.2) is 64.7 Å². The fraction of sp³-hybridized carbons (Fsp3) is 0.217. The first-order chi connectivity index (χ1) is 16.9. The summed E-state index contributed by atoms with van der Waals surface area (Å²) in [6.07, 6.45) is 1.64. The van der Waals surface area contributed by atoms with Gasteiger partial charge in [-0.05, 0) is 58.4 Å². The van der Waals surface area contributed by atoms with E-state index in [0.29, 0.717) is 39.5 Å². The van der Waals surface area contributed by atoms with Crippen LogP contribution in [-0.2, 0) is 11.3 Å². The zero-order valence-corrected chi connectivity index (χ0v) is 21.9. The SMILES string of the molecule is C=CCn1c(SCC(=O)Nc2ccc(Br)c(Cl)c2)nnc1C(CO)NC(=O)c1ccc(OC)cc1. The maximum Gasteiger partial charge on any atom is 0.251 e. The van der Waals surface area contributed by atoms with Crippen LogP contribution in [0.25, 0.3) is 0 Å². The lowest BCUT2D eigenvalue weighted by Crippen LogP contribution is -2.33. The number of hydrogen-bond donors (Lipinski definition) is 3. The summed E-state index contributed by atoms with van der Waals surface area (Å²) >= 11 is 10.5. The third kappa shape index (κ3) is 7.07. The molecule has 12 heteroatoms. The van der Waals surface area contributed by atoms with E-state index in [0.717, 1.165) is 4.47 Å². The molecule has 1 heterocycles. The van der Waals surface area contributed by atoms with Crippen molar-refractivity contribution in [1.29, 1.82) is 0 Å². The van der Waals surface area contributed by atoms with Gasteiger partial charge in [0, 0.05) is 22.3 Å². The van der Waals surface area contributed by atoms with E-state index in [1.165, 1.54) is 11.8 Å². The summed E-state index contributed by atoms with van der Waals surface area (Å²) in [7, 11) is 1.54. The number of ether oxygens (including phenoxy) is 1. The first-order valence-electron chi connectivity index (χ1n) is 10.3. The molecule has 9 nitrogen and oxygen atoms in total. The molecule has 0 radical (unpaired) electrons. The lowest BCUT2D eigenvalue weighted by atomic mass is 10.2. The van der Waals surface area contributed by atoms with E-state index in [4.69, 9.17) is 16.3 Å². The maximum atomic E-state index is 12.7. The number of hydrogen-bond acceptors (Lipinski definition) is 7. The van der Waals surface area contributed by atoms with Gasteiger partial charge in [-0.15, -0.1) is 16.8 Å². The Hall–Kier alpha value is -2.86. The molecule has 0 aliphatic rings. The molecule has 1 aromatic heterocycles. The van der Waals surface area contributed by atoms with E-state index in [1.54, 1.807) is 60.2 Å². The lowest BCUT2D eigenvalue weighted by molar-refractivity contribution is -0.113. The number of aliphatic hydroxyl groups excluding tert-OH is 1. The second-order valence-corrected chi connectivity index (χ2v) is 9.35. The Labute approximate surface area is 220 Å². The van der Waals surface area contributed by atoms with Crippen molar-refractivity contribution in [3.05, 3.63) is 76.0 Å². The first-order valence-corrected chi connectivity index (χ1v) is 12.5. The van der Waals surface area contributed by atoms with Crippen LogP contribution in [0.4, 0.5) is 5.69 Å². The number of aromatic nitrogens is 3. The first kappa shape index (κ1) is 26.7. The standard InChI is InChI=1S/C23H23BrClN5O4S/c1-3-10-30-21(19(12-31)27-22(33)14-4-7-16(34-2)8-5-14)28-29-23(30)35-13-20(32)26-15-6-9-17(24)18(25)11-15/h3-9,11,19,31H,1,10,12-13H2,2H3,(H,26,32)(H,27,33). The quantitative estimate of drug-likeness (QED) is 0.231. The van der Waals surface area contributed by atoms with Gasteiger partial charge in [-0.25, -0.2) is 0 Å². The predicted octanol–water partition coefficient (Wildman–Crippen LogP) is 4.08. The average molecular weight is 581 g/mol. The summed E-state index contributed by atoms with van der Waals surface area (Å²) in [5.41, 5.74) is 0.969. The van der Waals surface area contributed by atoms with E-state index < -0.39 is 12.6 Å². The zero-order valence-electron chi connectivity index (χ0n) is 18.7. The predicted molar refractivity (Wildman–Crippen MR) is 139 cm³/mol. The van der Waals surface area contributed by atoms with Crippen LogP contribution in [0.1, 0.15) is 22.2 Å². The maximum absolute atomic E-state index is 12.7. The van der Waals surface area contributed by atoms with E-state index >= 15 is 0 Å². The molecular weight excluding hydrogens is 558 g/mol. The number of thioether (sulfide) groups is 1. The number of nitrogens with zero attached hydrogens (tertiary/aromatic N) is 3. The normalized spacial score (nSPS) is 11.5. The van der Waals surface area contributed by atoms with Gasteiger partial charge in [0.1, 0.15) is 11.8 Å². The van der Waals surface area contributed by atoms with Crippen LogP contribution < -0.4 is 15.4 Å². The molecular formula is C23H23BrClN5O4S. The fourth-order valence-electron chi connectivity index (χ4n) is 3.04. The Morgan fingerprint density at radius 2 is 2.03 bits per heavy atom. The van der Waals surface area contributed by atoms with Crippen LogP contribution in [0.3, 0.4) is 0 Å². The Morgan fingerprint density at radius 1 is 1.29 bits per heavy atom. The molecule has 3 aromatic rings. The molecule has 1 unspecified atom stereocenters. The summed E-state index contributed by atoms with van der Waals surface area (Å²) in [6, 6.07) is 10.9. The van der Waals surface area contributed by atoms with Crippen molar-refractivity contribution in [1.82, 2.24) is 20.1 Å². The van der Waals surface area contributed by atoms with Gasteiger partial charge < -0.3 is 25.0 Å². The second-order valence-electron chi connectivity index (χ2n) is 7.14. The summed E-state index contributed by atoms with van der Waals surface area (Å²) in [5.74, 6) is 0.387. The minimum Gasteiger partial charge on any atom is -0.497 e. The van der Waals surface area contributed by atoms with Crippen LogP contribution >= 0.6 is 39.3 Å². The monoisotopic (exact) mass is 579 g/mol. The molecule has 3 N–H and O–H groups in total. The minimum atomic E-state index is -0.815. The number of nitrogens with one attached hydrogen (secondary N) is 2. The number of carbonyl (C=O) groups excluding carboxylic acids is 2. The van der Waals surface area contributed by atoms with Gasteiger partial charge in [0.2, 0.25) is 5.91 Å². The van der Waals surface area contributed by atoms with Gasteiger partial charge in [0.25, 0.3) is 5.91 Å². The third-order valence-corrected chi connectivity index (χ3v) is 6.94. The van der Waals surface area contributed by atoms with Crippen LogP contribution in [0.5, 0.6) is 5.75 Å². The molecule has 3 rings (SSSR count). The molecule has 1 atom stereocenters. The Morgan fingerprint density at radius 3 is 2.66 bits per heavy atom. The van der Waals surface area contributed by atoms with Crippen molar-refractivity contribution in [3.63, 3.8) is 0 Å². The molecule has 2 aromatic carbocycles. The highest BCUT2D eigenvalue weighted by molar-refractivity contribution is 9.10. The summed E-state index contributed by atoms with van der Waals surface area (Å²) in [4.78, 5) is 25.1. The Kier molecular flexibility index (Phi) is 9.73. The van der Waals surface area contributed by atoms with Gasteiger partial charge in [-0.3, -0.25) is 9.59 Å². The summed E-state index contributed by atoms with van der Waals surface area (Å²) in [5, 5.41) is 24.7. The van der Waals surface area contributed by atoms with Gasteiger partial charge in [-0.2, -0.15) is 0 Å². The molecule has 0 bridgehead atoms. The summed E-state index contributed by atoms with van der Waals surface area (Å²) < 4.78 is 7.53. The van der Waals surface area contributed by atoms with E-state index in [-0.39, 0.29) is 17.6 Å². The number of anilines is 1. The van der Waals surface area contributed by atoms with Crippen molar-refractivity contribution in [2.45, 2.75) is 17.7 Å². The lowest BCUT2D eigenvalue weighted by Gasteiger charge is -2.17. The topological polar surface area (TPSA) is 118 Å². The van der Waals surface area contributed by atoms with Crippen molar-refractivity contribution >= 4 is 56.8 Å². The smallest absolute Gasteiger partial charge is 0.251 e. The molecule has 0 spiro atoms. The molecule has 0 saturated heterocycles. The number of halogens is 2. The van der Waals surface area contributed by atoms with Crippen molar-refractivity contribution < 1.29 is 19.4 Å². The highest BCUT2D eigenvalue weighted by Gasteiger charge is 2.23. The number of allylic oxidation sites excluding steroid dienone is 1. The Bertz CT molecular complexity index is 1210. The number of aliphatic hydroxyl groups is 1. The van der Waals surface area contributed by atoms with Gasteiger partial charge in [0.05, 0.1) is 24.5 Å². The van der Waals surface area contributed by atoms with E-state index in [2.05, 4.69) is 43.3 Å². The molecule has 0 fully saturated rings. The van der Waals surface area contributed by atoms with E-state index in [1.807, 2.05) is 0 Å². The second kappa shape index (κ2) is 12.7. The highest BCUT2D eigenvalue weighted by atomic mass is 79.9. The molecule has 35 heavy (non-hydrogen) atoms. The minimum absolute atomic E-state index is 0.0605. The molecule has 0 aliphatic heterocycles. The van der Waals surface area contributed by atoms with Crippen molar-refractivity contribution in [2.24, 2.45) is 0 Å². The zero-order chi connectivity index (χ0) is 25.4. The number of carbonyl (C=O) groups is 2. The Balaban J connectivity index is 1.69. The molecule has 2 amide bonds. The largest absolute Gasteiger partial charge is 0.497 e. The van der Waals surface area contributed by atoms with Crippen molar-refractivity contribution in [3.8, 4) is 5.75 Å². The van der Waals surface area contributed by atoms with Gasteiger partial charge >= 0.3 is 0 Å². The van der Waals surface area contributed by atoms with E-state index in [9.17, 15) is 14.7 Å². The van der Waals surface area contributed by atoms with Gasteiger partial charge in [-0.1, -0.05) is 29.4 Å². The number of methoxy groups -OCH3 is 1.